The number of hydrogen-bond donors (Lipinski definition) is 3. The molecular formula is C27H39N3O5. The zero-order valence-electron chi connectivity index (χ0n) is 21.7. The minimum absolute atomic E-state index is 0.0361. The third kappa shape index (κ3) is 3.68. The van der Waals surface area contributed by atoms with E-state index in [1.54, 1.807) is 11.9 Å². The van der Waals surface area contributed by atoms with Crippen molar-refractivity contribution in [2.45, 2.75) is 83.6 Å². The fourth-order valence-electron chi connectivity index (χ4n) is 6.75. The van der Waals surface area contributed by atoms with Gasteiger partial charge in [-0.25, -0.2) is 0 Å². The molecule has 1 aromatic carbocycles. The van der Waals surface area contributed by atoms with Crippen molar-refractivity contribution in [3.63, 3.8) is 0 Å². The molecule has 0 saturated carbocycles. The predicted molar refractivity (Wildman–Crippen MR) is 133 cm³/mol. The predicted octanol–water partition coefficient (Wildman–Crippen LogP) is 2.55. The number of amides is 3. The number of fused-ring (bicyclic) bond motifs is 1. The molecule has 0 radical (unpaired) electrons. The molecule has 1 spiro atoms. The fraction of sp³-hybridized carbons (Fsp3) is 0.667. The number of anilines is 1. The van der Waals surface area contributed by atoms with Gasteiger partial charge in [0.15, 0.2) is 0 Å². The number of ether oxygens (including phenoxy) is 1. The first kappa shape index (κ1) is 25.6. The maximum absolute atomic E-state index is 14.1. The Morgan fingerprint density at radius 1 is 1.23 bits per heavy atom. The molecule has 3 aliphatic rings. The van der Waals surface area contributed by atoms with Crippen molar-refractivity contribution in [1.29, 1.82) is 0 Å². The number of carbonyl (C=O) groups is 3. The standard InChI is InChI=1S/C27H39N3O5/c1-7-16(4)19(14-31)30-22(24(33)29-18-13-15(3)9-10-17(18)5)27-12-11-26(8-2,35-27)20(23(32)28-6)21(27)25(30)34/h9-10,13,16,19-22,31H,7-8,11-12,14H2,1-6H3,(H,28,32)(H,29,33)/t16-,19-,20-,21-,22?,26+,27?/m0/s1. The summed E-state index contributed by atoms with van der Waals surface area (Å²) < 4.78 is 6.72. The second-order valence-corrected chi connectivity index (χ2v) is 10.6. The van der Waals surface area contributed by atoms with Crippen LogP contribution < -0.4 is 10.6 Å². The molecule has 2 bridgehead atoms. The van der Waals surface area contributed by atoms with Crippen LogP contribution in [0, 0.1) is 31.6 Å². The Hall–Kier alpha value is -2.45. The van der Waals surface area contributed by atoms with E-state index in [4.69, 9.17) is 4.74 Å². The van der Waals surface area contributed by atoms with Crippen molar-refractivity contribution in [3.8, 4) is 0 Å². The highest BCUT2D eigenvalue weighted by Gasteiger charge is 2.79. The van der Waals surface area contributed by atoms with Gasteiger partial charge in [0.2, 0.25) is 17.7 Å². The van der Waals surface area contributed by atoms with Gasteiger partial charge in [-0.1, -0.05) is 39.3 Å². The summed E-state index contributed by atoms with van der Waals surface area (Å²) >= 11 is 0. The van der Waals surface area contributed by atoms with Crippen LogP contribution in [0.15, 0.2) is 18.2 Å². The Bertz CT molecular complexity index is 1030. The zero-order valence-corrected chi connectivity index (χ0v) is 21.7. The number of nitrogens with one attached hydrogen (secondary N) is 2. The molecule has 0 aromatic heterocycles. The minimum atomic E-state index is -1.10. The molecule has 3 amide bonds. The third-order valence-corrected chi connectivity index (χ3v) is 8.89. The normalized spacial score (nSPS) is 32.9. The molecule has 3 saturated heterocycles. The highest BCUT2D eigenvalue weighted by Crippen LogP contribution is 2.64. The monoisotopic (exact) mass is 485 g/mol. The highest BCUT2D eigenvalue weighted by atomic mass is 16.5. The van der Waals surface area contributed by atoms with Crippen LogP contribution in [-0.4, -0.2) is 64.7 Å². The Morgan fingerprint density at radius 2 is 1.94 bits per heavy atom. The van der Waals surface area contributed by atoms with E-state index in [0.717, 1.165) is 17.5 Å². The summed E-state index contributed by atoms with van der Waals surface area (Å²) in [4.78, 5) is 42.9. The van der Waals surface area contributed by atoms with Gasteiger partial charge in [-0.05, 0) is 56.2 Å². The van der Waals surface area contributed by atoms with Crippen LogP contribution in [-0.2, 0) is 19.1 Å². The summed E-state index contributed by atoms with van der Waals surface area (Å²) in [5.41, 5.74) is 0.741. The molecule has 8 nitrogen and oxygen atoms in total. The Morgan fingerprint density at radius 3 is 2.54 bits per heavy atom. The van der Waals surface area contributed by atoms with E-state index in [9.17, 15) is 19.5 Å². The van der Waals surface area contributed by atoms with Gasteiger partial charge < -0.3 is 25.4 Å². The van der Waals surface area contributed by atoms with Crippen molar-refractivity contribution in [2.75, 3.05) is 19.0 Å². The van der Waals surface area contributed by atoms with Crippen LogP contribution in [0.1, 0.15) is 57.6 Å². The molecular weight excluding hydrogens is 446 g/mol. The van der Waals surface area contributed by atoms with Gasteiger partial charge in [-0.3, -0.25) is 14.4 Å². The average molecular weight is 486 g/mol. The van der Waals surface area contributed by atoms with Gasteiger partial charge in [0.1, 0.15) is 11.6 Å². The summed E-state index contributed by atoms with van der Waals surface area (Å²) in [5.74, 6) is -2.30. The van der Waals surface area contributed by atoms with Crippen LogP contribution in [0.3, 0.4) is 0 Å². The van der Waals surface area contributed by atoms with Crippen molar-refractivity contribution in [2.24, 2.45) is 17.8 Å². The fourth-order valence-corrected chi connectivity index (χ4v) is 6.75. The smallest absolute Gasteiger partial charge is 0.250 e. The van der Waals surface area contributed by atoms with Gasteiger partial charge in [0, 0.05) is 12.7 Å². The van der Waals surface area contributed by atoms with Crippen LogP contribution in [0.4, 0.5) is 5.69 Å². The van der Waals surface area contributed by atoms with Gasteiger partial charge in [0.05, 0.1) is 30.1 Å². The lowest BCUT2D eigenvalue weighted by Crippen LogP contribution is -2.57. The first-order valence-electron chi connectivity index (χ1n) is 12.8. The number of aliphatic hydroxyl groups is 1. The largest absolute Gasteiger partial charge is 0.394 e. The lowest BCUT2D eigenvalue weighted by molar-refractivity contribution is -0.150. The molecule has 3 aliphatic heterocycles. The van der Waals surface area contributed by atoms with Gasteiger partial charge in [0.25, 0.3) is 0 Å². The molecule has 0 aliphatic carbocycles. The SMILES string of the molecule is CC[C@H](C)[C@H](CO)N1C(=O)[C@@H]2[C@@H](C(=O)NC)[C@@]3(CC)CCC2(O3)C1C(=O)Nc1cc(C)ccc1C. The minimum Gasteiger partial charge on any atom is -0.394 e. The molecule has 3 N–H and O–H groups in total. The Kier molecular flexibility index (Phi) is 6.74. The lowest BCUT2D eigenvalue weighted by atomic mass is 9.65. The van der Waals surface area contributed by atoms with Crippen molar-refractivity contribution >= 4 is 23.4 Å². The molecule has 4 rings (SSSR count). The van der Waals surface area contributed by atoms with Crippen LogP contribution in [0.5, 0.6) is 0 Å². The van der Waals surface area contributed by atoms with Crippen LogP contribution >= 0.6 is 0 Å². The zero-order chi connectivity index (χ0) is 25.7. The van der Waals surface area contributed by atoms with Crippen molar-refractivity contribution in [3.05, 3.63) is 29.3 Å². The third-order valence-electron chi connectivity index (χ3n) is 8.89. The van der Waals surface area contributed by atoms with Crippen LogP contribution in [0.25, 0.3) is 0 Å². The van der Waals surface area contributed by atoms with Crippen LogP contribution in [0.2, 0.25) is 0 Å². The average Bonchev–Trinajstić information content (AvgIpc) is 3.45. The number of carbonyl (C=O) groups excluding carboxylic acids is 3. The summed E-state index contributed by atoms with van der Waals surface area (Å²) in [6.07, 6.45) is 2.44. The second-order valence-electron chi connectivity index (χ2n) is 10.6. The molecule has 192 valence electrons. The number of aliphatic hydroxyl groups excluding tert-OH is 1. The van der Waals surface area contributed by atoms with Crippen molar-refractivity contribution < 1.29 is 24.2 Å². The van der Waals surface area contributed by atoms with E-state index in [1.807, 2.05) is 52.8 Å². The molecule has 1 aromatic rings. The first-order chi connectivity index (χ1) is 16.6. The molecule has 2 unspecified atom stereocenters. The summed E-state index contributed by atoms with van der Waals surface area (Å²) in [5, 5.41) is 16.2. The number of likely N-dealkylation sites (tertiary alicyclic amines) is 1. The lowest BCUT2D eigenvalue weighted by Gasteiger charge is -2.39. The molecule has 3 fully saturated rings. The van der Waals surface area contributed by atoms with E-state index in [-0.39, 0.29) is 30.2 Å². The molecule has 8 heteroatoms. The van der Waals surface area contributed by atoms with E-state index >= 15 is 0 Å². The first-order valence-corrected chi connectivity index (χ1v) is 12.8. The van der Waals surface area contributed by atoms with E-state index in [2.05, 4.69) is 10.6 Å². The second kappa shape index (κ2) is 9.21. The van der Waals surface area contributed by atoms with E-state index in [1.165, 1.54) is 0 Å². The summed E-state index contributed by atoms with van der Waals surface area (Å²) in [7, 11) is 1.57. The summed E-state index contributed by atoms with van der Waals surface area (Å²) in [6, 6.07) is 4.36. The Balaban J connectivity index is 1.83. The topological polar surface area (TPSA) is 108 Å². The van der Waals surface area contributed by atoms with Gasteiger partial charge in [-0.2, -0.15) is 0 Å². The quantitative estimate of drug-likeness (QED) is 0.525. The maximum Gasteiger partial charge on any atom is 0.250 e. The number of nitrogens with zero attached hydrogens (tertiary/aromatic N) is 1. The molecule has 3 heterocycles. The number of hydrogen-bond acceptors (Lipinski definition) is 5. The Labute approximate surface area is 207 Å². The van der Waals surface area contributed by atoms with E-state index < -0.39 is 35.1 Å². The van der Waals surface area contributed by atoms with Gasteiger partial charge in [-0.15, -0.1) is 0 Å². The summed E-state index contributed by atoms with van der Waals surface area (Å²) in [6.45, 7) is 9.57. The number of aryl methyl sites for hydroxylation is 2. The molecule has 7 atom stereocenters. The number of benzene rings is 1. The molecule has 35 heavy (non-hydrogen) atoms. The highest BCUT2D eigenvalue weighted by molar-refractivity contribution is 6.04. The number of rotatable bonds is 8. The van der Waals surface area contributed by atoms with Gasteiger partial charge >= 0.3 is 0 Å². The van der Waals surface area contributed by atoms with E-state index in [0.29, 0.717) is 24.9 Å². The maximum atomic E-state index is 14.1. The van der Waals surface area contributed by atoms with Crippen molar-refractivity contribution in [1.82, 2.24) is 10.2 Å².